The van der Waals surface area contributed by atoms with Crippen molar-refractivity contribution >= 4 is 23.2 Å². The number of anilines is 1. The number of carbonyl (C=O) groups excluding carboxylic acids is 1. The Balaban J connectivity index is 2.04. The first-order chi connectivity index (χ1) is 12.7. The monoisotopic (exact) mass is 401 g/mol. The van der Waals surface area contributed by atoms with E-state index in [4.69, 9.17) is 11.6 Å². The number of aromatic nitrogens is 2. The van der Waals surface area contributed by atoms with Gasteiger partial charge >= 0.3 is 6.18 Å². The van der Waals surface area contributed by atoms with Crippen LogP contribution in [0.5, 0.6) is 0 Å². The molecular weight excluding hydrogens is 393 g/mol. The van der Waals surface area contributed by atoms with Crippen molar-refractivity contribution in [2.75, 3.05) is 5.32 Å². The molecule has 10 heteroatoms. The summed E-state index contributed by atoms with van der Waals surface area (Å²) < 4.78 is 66.8. The second-order valence-corrected chi connectivity index (χ2v) is 5.79. The number of alkyl halides is 3. The summed E-state index contributed by atoms with van der Waals surface area (Å²) in [7, 11) is 0. The zero-order valence-electron chi connectivity index (χ0n) is 13.2. The molecule has 1 amide bonds. The summed E-state index contributed by atoms with van der Waals surface area (Å²) in [6.07, 6.45) is -1.79. The van der Waals surface area contributed by atoms with Crippen LogP contribution in [0.2, 0.25) is 5.02 Å². The Morgan fingerprint density at radius 1 is 1.11 bits per heavy atom. The number of nitrogens with zero attached hydrogens (tertiary/aromatic N) is 2. The Bertz CT molecular complexity index is 1000. The maximum Gasteiger partial charge on any atom is 0.416 e. The normalized spacial score (nSPS) is 11.5. The van der Waals surface area contributed by atoms with Crippen LogP contribution >= 0.6 is 11.6 Å². The van der Waals surface area contributed by atoms with Gasteiger partial charge in [-0.2, -0.15) is 18.3 Å². The van der Waals surface area contributed by atoms with Gasteiger partial charge in [0.25, 0.3) is 5.91 Å². The molecule has 0 saturated heterocycles. The fourth-order valence-corrected chi connectivity index (χ4v) is 2.55. The van der Waals surface area contributed by atoms with Crippen LogP contribution in [0.3, 0.4) is 0 Å². The second-order valence-electron chi connectivity index (χ2n) is 5.38. The van der Waals surface area contributed by atoms with Gasteiger partial charge in [-0.25, -0.2) is 13.5 Å². The van der Waals surface area contributed by atoms with Crippen LogP contribution in [0.15, 0.2) is 48.8 Å². The van der Waals surface area contributed by atoms with Crippen LogP contribution in [0, 0.1) is 11.6 Å². The summed E-state index contributed by atoms with van der Waals surface area (Å²) >= 11 is 5.74. The second kappa shape index (κ2) is 6.99. The molecule has 0 saturated carbocycles. The standard InChI is InChI=1S/C17H9ClF5N3O/c18-11-8-13(20)12(19)7-10(11)16(27)25-14-6-9(17(21,22)23)2-3-15(14)26-5-1-4-24-26/h1-8H,(H,25,27). The summed E-state index contributed by atoms with van der Waals surface area (Å²) in [5, 5.41) is 5.76. The predicted molar refractivity (Wildman–Crippen MR) is 87.9 cm³/mol. The minimum Gasteiger partial charge on any atom is -0.320 e. The zero-order valence-corrected chi connectivity index (χ0v) is 13.9. The topological polar surface area (TPSA) is 46.9 Å². The highest BCUT2D eigenvalue weighted by atomic mass is 35.5. The molecule has 0 atom stereocenters. The Morgan fingerprint density at radius 3 is 2.44 bits per heavy atom. The lowest BCUT2D eigenvalue weighted by molar-refractivity contribution is -0.137. The molecule has 27 heavy (non-hydrogen) atoms. The van der Waals surface area contributed by atoms with Crippen molar-refractivity contribution in [1.82, 2.24) is 9.78 Å². The van der Waals surface area contributed by atoms with E-state index in [9.17, 15) is 26.7 Å². The smallest absolute Gasteiger partial charge is 0.320 e. The molecule has 3 aromatic rings. The van der Waals surface area contributed by atoms with E-state index in [1.54, 1.807) is 0 Å². The SMILES string of the molecule is O=C(Nc1cc(C(F)(F)F)ccc1-n1cccn1)c1cc(F)c(F)cc1Cl. The molecule has 3 rings (SSSR count). The first kappa shape index (κ1) is 18.8. The van der Waals surface area contributed by atoms with E-state index >= 15 is 0 Å². The van der Waals surface area contributed by atoms with Gasteiger partial charge in [0, 0.05) is 12.4 Å². The Kier molecular flexibility index (Phi) is 4.88. The van der Waals surface area contributed by atoms with Gasteiger partial charge in [-0.3, -0.25) is 4.79 Å². The minimum atomic E-state index is -4.65. The molecule has 0 aliphatic heterocycles. The molecule has 4 nitrogen and oxygen atoms in total. The van der Waals surface area contributed by atoms with E-state index < -0.39 is 34.8 Å². The van der Waals surface area contributed by atoms with Crippen molar-refractivity contribution in [3.63, 3.8) is 0 Å². The molecule has 0 aliphatic rings. The van der Waals surface area contributed by atoms with Crippen LogP contribution in [0.25, 0.3) is 5.69 Å². The van der Waals surface area contributed by atoms with E-state index in [0.717, 1.165) is 12.1 Å². The highest BCUT2D eigenvalue weighted by Crippen LogP contribution is 2.33. The van der Waals surface area contributed by atoms with Crippen LogP contribution in [-0.4, -0.2) is 15.7 Å². The fourth-order valence-electron chi connectivity index (χ4n) is 2.31. The maximum absolute atomic E-state index is 13.4. The van der Waals surface area contributed by atoms with Crippen molar-refractivity contribution in [3.8, 4) is 5.69 Å². The van der Waals surface area contributed by atoms with Gasteiger partial charge in [0.05, 0.1) is 27.5 Å². The van der Waals surface area contributed by atoms with Crippen LogP contribution in [-0.2, 0) is 6.18 Å². The van der Waals surface area contributed by atoms with E-state index in [1.807, 2.05) is 0 Å². The van der Waals surface area contributed by atoms with Gasteiger partial charge < -0.3 is 5.32 Å². The molecule has 1 heterocycles. The number of halogens is 6. The third-order valence-electron chi connectivity index (χ3n) is 3.58. The van der Waals surface area contributed by atoms with Crippen LogP contribution in [0.1, 0.15) is 15.9 Å². The summed E-state index contributed by atoms with van der Waals surface area (Å²) in [6, 6.07) is 5.37. The van der Waals surface area contributed by atoms with Gasteiger partial charge in [-0.05, 0) is 36.4 Å². The number of rotatable bonds is 3. The van der Waals surface area contributed by atoms with Gasteiger partial charge in [-0.1, -0.05) is 11.6 Å². The lowest BCUT2D eigenvalue weighted by Crippen LogP contribution is -2.16. The van der Waals surface area contributed by atoms with Crippen molar-refractivity contribution in [2.24, 2.45) is 0 Å². The molecular formula is C17H9ClF5N3O. The third kappa shape index (κ3) is 3.92. The average molecular weight is 402 g/mol. The fraction of sp³-hybridized carbons (Fsp3) is 0.0588. The van der Waals surface area contributed by atoms with Crippen molar-refractivity contribution in [1.29, 1.82) is 0 Å². The molecule has 1 aromatic heterocycles. The van der Waals surface area contributed by atoms with Gasteiger partial charge in [0.15, 0.2) is 11.6 Å². The summed E-state index contributed by atoms with van der Waals surface area (Å²) in [5.74, 6) is -3.58. The molecule has 0 unspecified atom stereocenters. The molecule has 0 spiro atoms. The molecule has 2 aromatic carbocycles. The predicted octanol–water partition coefficient (Wildman–Crippen LogP) is 5.08. The lowest BCUT2D eigenvalue weighted by atomic mass is 10.1. The first-order valence-electron chi connectivity index (χ1n) is 7.34. The van der Waals surface area contributed by atoms with Gasteiger partial charge in [0.1, 0.15) is 0 Å². The van der Waals surface area contributed by atoms with Crippen molar-refractivity contribution in [3.05, 3.63) is 76.6 Å². The first-order valence-corrected chi connectivity index (χ1v) is 7.72. The molecule has 0 bridgehead atoms. The molecule has 0 radical (unpaired) electrons. The Hall–Kier alpha value is -2.94. The summed E-state index contributed by atoms with van der Waals surface area (Å²) in [6.45, 7) is 0. The lowest BCUT2D eigenvalue weighted by Gasteiger charge is -2.15. The number of carbonyl (C=O) groups is 1. The van der Waals surface area contributed by atoms with Gasteiger partial charge in [0.2, 0.25) is 0 Å². The number of amides is 1. The highest BCUT2D eigenvalue weighted by Gasteiger charge is 2.31. The average Bonchev–Trinajstić information content (AvgIpc) is 3.11. The zero-order chi connectivity index (χ0) is 19.8. The van der Waals surface area contributed by atoms with E-state index in [-0.39, 0.29) is 16.4 Å². The maximum atomic E-state index is 13.4. The molecule has 140 valence electrons. The van der Waals surface area contributed by atoms with E-state index in [1.165, 1.54) is 23.1 Å². The summed E-state index contributed by atoms with van der Waals surface area (Å²) in [4.78, 5) is 12.4. The van der Waals surface area contributed by atoms with E-state index in [2.05, 4.69) is 10.4 Å². The number of benzene rings is 2. The van der Waals surface area contributed by atoms with E-state index in [0.29, 0.717) is 18.2 Å². The largest absolute Gasteiger partial charge is 0.416 e. The number of hydrogen-bond donors (Lipinski definition) is 1. The number of nitrogens with one attached hydrogen (secondary N) is 1. The van der Waals surface area contributed by atoms with Crippen molar-refractivity contribution < 1.29 is 26.7 Å². The molecule has 0 aliphatic carbocycles. The Morgan fingerprint density at radius 2 is 1.81 bits per heavy atom. The van der Waals surface area contributed by atoms with Crippen LogP contribution in [0.4, 0.5) is 27.6 Å². The quantitative estimate of drug-likeness (QED) is 0.491. The minimum absolute atomic E-state index is 0.139. The summed E-state index contributed by atoms with van der Waals surface area (Å²) in [5.41, 5.74) is -1.54. The van der Waals surface area contributed by atoms with Crippen molar-refractivity contribution in [2.45, 2.75) is 6.18 Å². The van der Waals surface area contributed by atoms with Gasteiger partial charge in [-0.15, -0.1) is 0 Å². The van der Waals surface area contributed by atoms with Crippen LogP contribution < -0.4 is 5.32 Å². The third-order valence-corrected chi connectivity index (χ3v) is 3.89. The molecule has 0 fully saturated rings. The highest BCUT2D eigenvalue weighted by molar-refractivity contribution is 6.34. The number of hydrogen-bond acceptors (Lipinski definition) is 2. The Labute approximate surface area is 154 Å². The molecule has 1 N–H and O–H groups in total.